The fraction of sp³-hybridized carbons (Fsp3) is 0.200. The maximum Gasteiger partial charge on any atom is 0.0408 e. The van der Waals surface area contributed by atoms with E-state index in [1.165, 1.54) is 16.7 Å². The van der Waals surface area contributed by atoms with Gasteiger partial charge in [0.05, 0.1) is 0 Å². The number of hydrogen-bond acceptors (Lipinski definition) is 1. The average molecular weight is 280 g/mol. The number of benzene rings is 2. The molecule has 0 aromatic heterocycles. The average Bonchev–Trinajstić information content (AvgIpc) is 2.34. The summed E-state index contributed by atoms with van der Waals surface area (Å²) >= 11 is 11.8. The minimum Gasteiger partial charge on any atom is -0.309 e. The normalized spacial score (nSPS) is 10.6. The third-order valence-electron chi connectivity index (χ3n) is 2.86. The number of nitrogens with one attached hydrogen (secondary N) is 1. The van der Waals surface area contributed by atoms with Crippen LogP contribution in [0.3, 0.4) is 0 Å². The van der Waals surface area contributed by atoms with E-state index in [4.69, 9.17) is 23.2 Å². The first kappa shape index (κ1) is 13.4. The van der Waals surface area contributed by atoms with Gasteiger partial charge < -0.3 is 5.32 Å². The lowest BCUT2D eigenvalue weighted by Gasteiger charge is -2.08. The molecule has 1 nitrogen and oxygen atoms in total. The van der Waals surface area contributed by atoms with Crippen molar-refractivity contribution in [1.29, 1.82) is 0 Å². The SMILES string of the molecule is Cc1cc(Cl)ccc1CNCc1ccc(Cl)cc1. The summed E-state index contributed by atoms with van der Waals surface area (Å²) in [5.41, 5.74) is 3.71. The fourth-order valence-electron chi connectivity index (χ4n) is 1.80. The molecule has 0 unspecified atom stereocenters. The van der Waals surface area contributed by atoms with Crippen molar-refractivity contribution in [3.63, 3.8) is 0 Å². The second kappa shape index (κ2) is 6.24. The van der Waals surface area contributed by atoms with Crippen LogP contribution < -0.4 is 5.32 Å². The molecule has 0 radical (unpaired) electrons. The topological polar surface area (TPSA) is 12.0 Å². The molecule has 0 saturated carbocycles. The van der Waals surface area contributed by atoms with Gasteiger partial charge in [-0.1, -0.05) is 41.4 Å². The summed E-state index contributed by atoms with van der Waals surface area (Å²) < 4.78 is 0. The standard InChI is InChI=1S/C15H15Cl2N/c1-11-8-15(17)7-4-13(11)10-18-9-12-2-5-14(16)6-3-12/h2-8,18H,9-10H2,1H3. The molecule has 0 heterocycles. The summed E-state index contributed by atoms with van der Waals surface area (Å²) in [6.07, 6.45) is 0. The number of rotatable bonds is 4. The Kier molecular flexibility index (Phi) is 4.65. The lowest BCUT2D eigenvalue weighted by Crippen LogP contribution is -2.13. The van der Waals surface area contributed by atoms with Gasteiger partial charge in [0.2, 0.25) is 0 Å². The van der Waals surface area contributed by atoms with E-state index in [-0.39, 0.29) is 0 Å². The first-order chi connectivity index (χ1) is 8.65. The van der Waals surface area contributed by atoms with Crippen LogP contribution in [0, 0.1) is 6.92 Å². The molecule has 2 rings (SSSR count). The summed E-state index contributed by atoms with van der Waals surface area (Å²) in [5, 5.41) is 4.97. The first-order valence-electron chi connectivity index (χ1n) is 5.85. The van der Waals surface area contributed by atoms with E-state index < -0.39 is 0 Å². The maximum absolute atomic E-state index is 5.93. The van der Waals surface area contributed by atoms with E-state index in [1.54, 1.807) is 0 Å². The molecule has 1 N–H and O–H groups in total. The zero-order valence-corrected chi connectivity index (χ0v) is 11.7. The van der Waals surface area contributed by atoms with Crippen LogP contribution in [0.2, 0.25) is 10.0 Å². The van der Waals surface area contributed by atoms with E-state index in [1.807, 2.05) is 36.4 Å². The Hall–Kier alpha value is -1.02. The van der Waals surface area contributed by atoms with Crippen LogP contribution in [0.1, 0.15) is 16.7 Å². The summed E-state index contributed by atoms with van der Waals surface area (Å²) in [7, 11) is 0. The lowest BCUT2D eigenvalue weighted by molar-refractivity contribution is 0.691. The molecule has 2 aromatic carbocycles. The van der Waals surface area contributed by atoms with Gasteiger partial charge in [-0.25, -0.2) is 0 Å². The van der Waals surface area contributed by atoms with Crippen LogP contribution in [0.25, 0.3) is 0 Å². The van der Waals surface area contributed by atoms with E-state index in [9.17, 15) is 0 Å². The molecule has 0 aliphatic carbocycles. The van der Waals surface area contributed by atoms with Crippen LogP contribution in [-0.2, 0) is 13.1 Å². The van der Waals surface area contributed by atoms with Crippen molar-refractivity contribution in [1.82, 2.24) is 5.32 Å². The third-order valence-corrected chi connectivity index (χ3v) is 3.35. The van der Waals surface area contributed by atoms with E-state index in [0.717, 1.165) is 23.1 Å². The monoisotopic (exact) mass is 279 g/mol. The molecule has 0 amide bonds. The fourth-order valence-corrected chi connectivity index (χ4v) is 2.15. The Labute approximate surface area is 118 Å². The minimum absolute atomic E-state index is 0.771. The summed E-state index contributed by atoms with van der Waals surface area (Å²) in [5.74, 6) is 0. The van der Waals surface area contributed by atoms with Gasteiger partial charge in [-0.15, -0.1) is 0 Å². The smallest absolute Gasteiger partial charge is 0.0408 e. The van der Waals surface area contributed by atoms with E-state index in [2.05, 4.69) is 18.3 Å². The van der Waals surface area contributed by atoms with Gasteiger partial charge in [0.15, 0.2) is 0 Å². The Bertz CT molecular complexity index is 521. The number of aryl methyl sites for hydroxylation is 1. The highest BCUT2D eigenvalue weighted by molar-refractivity contribution is 6.30. The third kappa shape index (κ3) is 3.74. The maximum atomic E-state index is 5.93. The second-order valence-corrected chi connectivity index (χ2v) is 5.17. The van der Waals surface area contributed by atoms with Gasteiger partial charge in [0.1, 0.15) is 0 Å². The van der Waals surface area contributed by atoms with Gasteiger partial charge in [-0.05, 0) is 47.9 Å². The number of hydrogen-bond donors (Lipinski definition) is 1. The number of halogens is 2. The Morgan fingerprint density at radius 1 is 0.889 bits per heavy atom. The highest BCUT2D eigenvalue weighted by atomic mass is 35.5. The Balaban J connectivity index is 1.90. The zero-order chi connectivity index (χ0) is 13.0. The predicted molar refractivity (Wildman–Crippen MR) is 78.2 cm³/mol. The molecule has 0 atom stereocenters. The van der Waals surface area contributed by atoms with Gasteiger partial charge >= 0.3 is 0 Å². The lowest BCUT2D eigenvalue weighted by atomic mass is 10.1. The molecule has 0 fully saturated rings. The molecule has 18 heavy (non-hydrogen) atoms. The first-order valence-corrected chi connectivity index (χ1v) is 6.61. The van der Waals surface area contributed by atoms with Crippen molar-refractivity contribution in [2.75, 3.05) is 0 Å². The quantitative estimate of drug-likeness (QED) is 0.863. The van der Waals surface area contributed by atoms with Crippen molar-refractivity contribution in [2.24, 2.45) is 0 Å². The van der Waals surface area contributed by atoms with Crippen LogP contribution >= 0.6 is 23.2 Å². The van der Waals surface area contributed by atoms with E-state index in [0.29, 0.717) is 0 Å². The Morgan fingerprint density at radius 3 is 2.22 bits per heavy atom. The van der Waals surface area contributed by atoms with E-state index >= 15 is 0 Å². The second-order valence-electron chi connectivity index (χ2n) is 4.30. The molecule has 0 saturated heterocycles. The van der Waals surface area contributed by atoms with Crippen LogP contribution in [0.4, 0.5) is 0 Å². The summed E-state index contributed by atoms with van der Waals surface area (Å²) in [6.45, 7) is 3.75. The molecular formula is C15H15Cl2N. The summed E-state index contributed by atoms with van der Waals surface area (Å²) in [4.78, 5) is 0. The molecular weight excluding hydrogens is 265 g/mol. The largest absolute Gasteiger partial charge is 0.309 e. The summed E-state index contributed by atoms with van der Waals surface area (Å²) in [6, 6.07) is 13.9. The molecule has 0 spiro atoms. The molecule has 2 aromatic rings. The zero-order valence-electron chi connectivity index (χ0n) is 10.2. The van der Waals surface area contributed by atoms with Crippen LogP contribution in [0.5, 0.6) is 0 Å². The predicted octanol–water partition coefficient (Wildman–Crippen LogP) is 4.59. The van der Waals surface area contributed by atoms with Crippen molar-refractivity contribution < 1.29 is 0 Å². The Morgan fingerprint density at radius 2 is 1.56 bits per heavy atom. The highest BCUT2D eigenvalue weighted by Crippen LogP contribution is 2.15. The highest BCUT2D eigenvalue weighted by Gasteiger charge is 1.99. The van der Waals surface area contributed by atoms with Crippen LogP contribution in [0.15, 0.2) is 42.5 Å². The molecule has 0 bridgehead atoms. The van der Waals surface area contributed by atoms with Gasteiger partial charge in [0.25, 0.3) is 0 Å². The van der Waals surface area contributed by atoms with Crippen molar-refractivity contribution in [2.45, 2.75) is 20.0 Å². The van der Waals surface area contributed by atoms with Crippen molar-refractivity contribution in [3.8, 4) is 0 Å². The van der Waals surface area contributed by atoms with Crippen LogP contribution in [-0.4, -0.2) is 0 Å². The van der Waals surface area contributed by atoms with Gasteiger partial charge in [-0.3, -0.25) is 0 Å². The van der Waals surface area contributed by atoms with Crippen molar-refractivity contribution in [3.05, 3.63) is 69.2 Å². The molecule has 0 aliphatic heterocycles. The molecule has 0 aliphatic rings. The van der Waals surface area contributed by atoms with Gasteiger partial charge in [0, 0.05) is 23.1 Å². The van der Waals surface area contributed by atoms with Crippen molar-refractivity contribution >= 4 is 23.2 Å². The minimum atomic E-state index is 0.771. The molecule has 94 valence electrons. The molecule has 3 heteroatoms. The van der Waals surface area contributed by atoms with Gasteiger partial charge in [-0.2, -0.15) is 0 Å².